The molecule has 1 N–H and O–H groups in total. The summed E-state index contributed by atoms with van der Waals surface area (Å²) in [5.41, 5.74) is 1.18. The first-order valence-corrected chi connectivity index (χ1v) is 7.14. The molecule has 0 spiro atoms. The van der Waals surface area contributed by atoms with Crippen molar-refractivity contribution in [1.29, 1.82) is 0 Å². The summed E-state index contributed by atoms with van der Waals surface area (Å²) >= 11 is 0. The molecule has 2 aliphatic heterocycles. The molecule has 1 unspecified atom stereocenters. The molecular weight excluding hydrogens is 254 g/mol. The van der Waals surface area contributed by atoms with Crippen LogP contribution in [-0.4, -0.2) is 41.5 Å². The molecule has 5 nitrogen and oxygen atoms in total. The minimum atomic E-state index is -0.0828. The fourth-order valence-corrected chi connectivity index (χ4v) is 3.42. The van der Waals surface area contributed by atoms with Gasteiger partial charge in [0.15, 0.2) is 5.58 Å². The van der Waals surface area contributed by atoms with Crippen LogP contribution in [0.5, 0.6) is 0 Å². The van der Waals surface area contributed by atoms with Gasteiger partial charge in [0, 0.05) is 24.5 Å². The Hall–Kier alpha value is -1.88. The van der Waals surface area contributed by atoms with Crippen LogP contribution in [0.15, 0.2) is 29.0 Å². The third-order valence-corrected chi connectivity index (χ3v) is 4.37. The van der Waals surface area contributed by atoms with E-state index in [2.05, 4.69) is 15.2 Å². The number of hydrogen-bond donors (Lipinski definition) is 1. The molecule has 0 aliphatic carbocycles. The third kappa shape index (κ3) is 2.08. The number of hydrogen-bond acceptors (Lipinski definition) is 4. The van der Waals surface area contributed by atoms with Crippen molar-refractivity contribution in [3.8, 4) is 0 Å². The lowest BCUT2D eigenvalue weighted by molar-refractivity contribution is 0.0904. The fraction of sp³-hybridized carbons (Fsp3) is 0.467. The van der Waals surface area contributed by atoms with Crippen LogP contribution in [-0.2, 0) is 0 Å². The third-order valence-electron chi connectivity index (χ3n) is 4.37. The highest BCUT2D eigenvalue weighted by molar-refractivity contribution is 5.95. The molecule has 104 valence electrons. The summed E-state index contributed by atoms with van der Waals surface area (Å²) in [4.78, 5) is 18.9. The highest BCUT2D eigenvalue weighted by Gasteiger charge is 2.33. The molecule has 5 heteroatoms. The van der Waals surface area contributed by atoms with Gasteiger partial charge in [0.25, 0.3) is 5.91 Å². The van der Waals surface area contributed by atoms with Crippen LogP contribution >= 0.6 is 0 Å². The minimum Gasteiger partial charge on any atom is -0.463 e. The smallest absolute Gasteiger partial charge is 0.270 e. The van der Waals surface area contributed by atoms with E-state index in [1.165, 1.54) is 19.5 Å². The van der Waals surface area contributed by atoms with Crippen LogP contribution in [0.25, 0.3) is 11.0 Å². The molecule has 4 rings (SSSR count). The summed E-state index contributed by atoms with van der Waals surface area (Å²) < 4.78 is 5.24. The van der Waals surface area contributed by atoms with E-state index in [1.54, 1.807) is 18.5 Å². The topological polar surface area (TPSA) is 58.4 Å². The van der Waals surface area contributed by atoms with Crippen LogP contribution in [0.4, 0.5) is 0 Å². The maximum absolute atomic E-state index is 12.3. The Bertz CT molecular complexity index is 639. The Labute approximate surface area is 117 Å². The number of pyridine rings is 1. The monoisotopic (exact) mass is 271 g/mol. The van der Waals surface area contributed by atoms with Crippen LogP contribution in [0.2, 0.25) is 0 Å². The van der Waals surface area contributed by atoms with E-state index in [1.807, 2.05) is 6.07 Å². The number of nitrogens with one attached hydrogen (secondary N) is 1. The van der Waals surface area contributed by atoms with Gasteiger partial charge >= 0.3 is 0 Å². The summed E-state index contributed by atoms with van der Waals surface area (Å²) in [5.74, 6) is 0.666. The van der Waals surface area contributed by atoms with Crippen LogP contribution in [0.1, 0.15) is 23.3 Å². The lowest BCUT2D eigenvalue weighted by atomic mass is 9.97. The normalized spacial score (nSPS) is 28.7. The number of rotatable bonds is 2. The van der Waals surface area contributed by atoms with E-state index < -0.39 is 0 Å². The molecule has 1 amide bonds. The molecule has 4 heterocycles. The van der Waals surface area contributed by atoms with Gasteiger partial charge < -0.3 is 14.6 Å². The molecule has 0 aromatic carbocycles. The molecule has 0 saturated carbocycles. The van der Waals surface area contributed by atoms with Crippen molar-refractivity contribution < 1.29 is 9.21 Å². The molecule has 2 saturated heterocycles. The zero-order valence-electron chi connectivity index (χ0n) is 11.2. The van der Waals surface area contributed by atoms with Gasteiger partial charge in [-0.05, 0) is 37.4 Å². The van der Waals surface area contributed by atoms with Crippen molar-refractivity contribution in [3.63, 3.8) is 0 Å². The van der Waals surface area contributed by atoms with Crippen molar-refractivity contribution >= 4 is 16.9 Å². The first-order valence-electron chi connectivity index (χ1n) is 7.14. The number of carbonyl (C=O) groups excluding carboxylic acids is 1. The predicted octanol–water partition coefficient (Wildman–Crippen LogP) is 1.65. The number of nitrogens with zero attached hydrogens (tertiary/aromatic N) is 2. The molecule has 2 bridgehead atoms. The van der Waals surface area contributed by atoms with Crippen molar-refractivity contribution in [2.45, 2.75) is 18.9 Å². The Morgan fingerprint density at radius 3 is 3.30 bits per heavy atom. The van der Waals surface area contributed by atoms with Crippen LogP contribution < -0.4 is 5.32 Å². The Kier molecular flexibility index (Phi) is 2.73. The van der Waals surface area contributed by atoms with Gasteiger partial charge in [0.2, 0.25) is 0 Å². The predicted molar refractivity (Wildman–Crippen MR) is 74.4 cm³/mol. The van der Waals surface area contributed by atoms with E-state index in [-0.39, 0.29) is 11.9 Å². The van der Waals surface area contributed by atoms with Gasteiger partial charge in [-0.2, -0.15) is 0 Å². The van der Waals surface area contributed by atoms with Crippen LogP contribution in [0, 0.1) is 5.92 Å². The lowest BCUT2D eigenvalue weighted by Gasteiger charge is -2.30. The second-order valence-electron chi connectivity index (χ2n) is 5.85. The second-order valence-corrected chi connectivity index (χ2v) is 5.85. The molecule has 3 atom stereocenters. The first kappa shape index (κ1) is 11.9. The van der Waals surface area contributed by atoms with Gasteiger partial charge in [-0.3, -0.25) is 4.79 Å². The SMILES string of the molecule is O=C(N[C@@H]1C[C@@H]2CCN(C2)C1)c1cc2ccoc2cn1. The van der Waals surface area contributed by atoms with Crippen molar-refractivity contribution in [1.82, 2.24) is 15.2 Å². The maximum atomic E-state index is 12.3. The number of fused-ring (bicyclic) bond motifs is 3. The quantitative estimate of drug-likeness (QED) is 0.902. The van der Waals surface area contributed by atoms with E-state index in [0.29, 0.717) is 11.3 Å². The van der Waals surface area contributed by atoms with Crippen molar-refractivity contribution in [2.75, 3.05) is 19.6 Å². The van der Waals surface area contributed by atoms with E-state index in [9.17, 15) is 4.79 Å². The second kappa shape index (κ2) is 4.59. The first-order chi connectivity index (χ1) is 9.78. The highest BCUT2D eigenvalue weighted by Crippen LogP contribution is 2.26. The standard InChI is InChI=1S/C15H17N3O2/c19-15(13-6-11-2-4-20-14(11)7-16-13)17-12-5-10-1-3-18(8-10)9-12/h2,4,6-7,10,12H,1,3,5,8-9H2,(H,17,19)/t10-,12+/m0/s1. The Morgan fingerprint density at radius 1 is 1.45 bits per heavy atom. The summed E-state index contributed by atoms with van der Waals surface area (Å²) in [7, 11) is 0. The summed E-state index contributed by atoms with van der Waals surface area (Å²) in [6.07, 6.45) is 5.58. The Morgan fingerprint density at radius 2 is 2.40 bits per heavy atom. The maximum Gasteiger partial charge on any atom is 0.270 e. The average Bonchev–Trinajstić information content (AvgIpc) is 3.04. The number of furan rings is 1. The zero-order chi connectivity index (χ0) is 13.5. The van der Waals surface area contributed by atoms with Gasteiger partial charge in [0.1, 0.15) is 5.69 Å². The zero-order valence-corrected chi connectivity index (χ0v) is 11.2. The average molecular weight is 271 g/mol. The van der Waals surface area contributed by atoms with Gasteiger partial charge in [0.05, 0.1) is 12.5 Å². The lowest BCUT2D eigenvalue weighted by Crippen LogP contribution is -2.47. The number of aromatic nitrogens is 1. The summed E-state index contributed by atoms with van der Waals surface area (Å²) in [6.45, 7) is 3.35. The van der Waals surface area contributed by atoms with Gasteiger partial charge in [-0.15, -0.1) is 0 Å². The van der Waals surface area contributed by atoms with Crippen LogP contribution in [0.3, 0.4) is 0 Å². The molecule has 2 aliphatic rings. The largest absolute Gasteiger partial charge is 0.463 e. The molecule has 2 aromatic heterocycles. The summed E-state index contributed by atoms with van der Waals surface area (Å²) in [5, 5.41) is 4.03. The molecular formula is C15H17N3O2. The molecule has 20 heavy (non-hydrogen) atoms. The summed E-state index contributed by atoms with van der Waals surface area (Å²) in [6, 6.07) is 3.89. The number of piperidine rings is 1. The number of carbonyl (C=O) groups is 1. The van der Waals surface area contributed by atoms with Gasteiger partial charge in [-0.1, -0.05) is 0 Å². The van der Waals surface area contributed by atoms with E-state index in [4.69, 9.17) is 4.42 Å². The minimum absolute atomic E-state index is 0.0828. The number of amides is 1. The van der Waals surface area contributed by atoms with E-state index >= 15 is 0 Å². The Balaban J connectivity index is 1.49. The van der Waals surface area contributed by atoms with Gasteiger partial charge in [-0.25, -0.2) is 4.98 Å². The fourth-order valence-electron chi connectivity index (χ4n) is 3.42. The van der Waals surface area contributed by atoms with Crippen molar-refractivity contribution in [3.05, 3.63) is 30.3 Å². The van der Waals surface area contributed by atoms with E-state index in [0.717, 1.165) is 24.3 Å². The highest BCUT2D eigenvalue weighted by atomic mass is 16.3. The molecule has 0 radical (unpaired) electrons. The molecule has 2 fully saturated rings. The molecule has 2 aromatic rings. The van der Waals surface area contributed by atoms with Crippen molar-refractivity contribution in [2.24, 2.45) is 5.92 Å².